The van der Waals surface area contributed by atoms with E-state index in [1.165, 1.54) is 0 Å². The Morgan fingerprint density at radius 2 is 2.35 bits per heavy atom. The molecule has 0 unspecified atom stereocenters. The van der Waals surface area contributed by atoms with Gasteiger partial charge in [0, 0.05) is 30.3 Å². The number of thioether (sulfide) groups is 1. The number of carbonyl (C=O) groups excluding carboxylic acids is 1. The second-order valence-electron chi connectivity index (χ2n) is 3.89. The molecule has 0 aliphatic heterocycles. The number of fused-ring (bicyclic) bond motifs is 1. The highest BCUT2D eigenvalue weighted by Crippen LogP contribution is 2.14. The SMILES string of the molecule is CSCCN(C)C(=O)c1ccc2cn[nH]c2c1. The van der Waals surface area contributed by atoms with E-state index in [-0.39, 0.29) is 5.91 Å². The maximum atomic E-state index is 12.1. The molecule has 2 rings (SSSR count). The van der Waals surface area contributed by atoms with Crippen molar-refractivity contribution in [2.45, 2.75) is 0 Å². The molecule has 1 aromatic carbocycles. The maximum absolute atomic E-state index is 12.1. The van der Waals surface area contributed by atoms with Crippen LogP contribution < -0.4 is 0 Å². The van der Waals surface area contributed by atoms with E-state index in [0.29, 0.717) is 5.56 Å². The molecule has 1 amide bonds. The van der Waals surface area contributed by atoms with Crippen LogP contribution in [-0.2, 0) is 0 Å². The average molecular weight is 249 g/mol. The van der Waals surface area contributed by atoms with E-state index in [4.69, 9.17) is 0 Å². The molecular formula is C12H15N3OS. The Labute approximate surface area is 104 Å². The maximum Gasteiger partial charge on any atom is 0.253 e. The lowest BCUT2D eigenvalue weighted by Crippen LogP contribution is -2.28. The molecule has 1 heterocycles. The first kappa shape index (κ1) is 12.0. The number of hydrogen-bond donors (Lipinski definition) is 1. The molecule has 0 saturated carbocycles. The van der Waals surface area contributed by atoms with Crippen molar-refractivity contribution < 1.29 is 4.79 Å². The number of nitrogens with zero attached hydrogens (tertiary/aromatic N) is 2. The molecule has 1 N–H and O–H groups in total. The number of benzene rings is 1. The lowest BCUT2D eigenvalue weighted by molar-refractivity contribution is 0.0804. The molecular weight excluding hydrogens is 234 g/mol. The van der Waals surface area contributed by atoms with E-state index in [0.717, 1.165) is 23.2 Å². The van der Waals surface area contributed by atoms with Gasteiger partial charge in [0.2, 0.25) is 0 Å². The summed E-state index contributed by atoms with van der Waals surface area (Å²) in [5.74, 6) is 1.00. The Hall–Kier alpha value is -1.49. The Kier molecular flexibility index (Phi) is 3.68. The predicted octanol–water partition coefficient (Wildman–Crippen LogP) is 2.00. The normalized spacial score (nSPS) is 10.7. The van der Waals surface area contributed by atoms with Gasteiger partial charge >= 0.3 is 0 Å². The van der Waals surface area contributed by atoms with Crippen LogP contribution in [0, 0.1) is 0 Å². The monoisotopic (exact) mass is 249 g/mol. The third kappa shape index (κ3) is 2.61. The van der Waals surface area contributed by atoms with Gasteiger partial charge in [0.05, 0.1) is 11.7 Å². The Bertz CT molecular complexity index is 523. The molecule has 1 aromatic heterocycles. The summed E-state index contributed by atoms with van der Waals surface area (Å²) in [6.45, 7) is 0.765. The fourth-order valence-electron chi connectivity index (χ4n) is 1.62. The molecule has 0 aliphatic carbocycles. The van der Waals surface area contributed by atoms with Gasteiger partial charge in [0.1, 0.15) is 0 Å². The van der Waals surface area contributed by atoms with Gasteiger partial charge in [-0.1, -0.05) is 6.07 Å². The molecule has 0 bridgehead atoms. The molecule has 0 atom stereocenters. The first-order chi connectivity index (χ1) is 8.22. The van der Waals surface area contributed by atoms with Gasteiger partial charge in [-0.3, -0.25) is 9.89 Å². The summed E-state index contributed by atoms with van der Waals surface area (Å²) in [6, 6.07) is 5.60. The summed E-state index contributed by atoms with van der Waals surface area (Å²) in [7, 11) is 1.83. The summed E-state index contributed by atoms with van der Waals surface area (Å²) in [5.41, 5.74) is 1.60. The van der Waals surface area contributed by atoms with E-state index < -0.39 is 0 Å². The van der Waals surface area contributed by atoms with Gasteiger partial charge in [-0.2, -0.15) is 16.9 Å². The highest BCUT2D eigenvalue weighted by atomic mass is 32.2. The van der Waals surface area contributed by atoms with Crippen molar-refractivity contribution in [2.75, 3.05) is 25.6 Å². The van der Waals surface area contributed by atoms with Gasteiger partial charge in [-0.25, -0.2) is 0 Å². The molecule has 0 spiro atoms. The number of aromatic amines is 1. The van der Waals surface area contributed by atoms with Crippen LogP contribution >= 0.6 is 11.8 Å². The van der Waals surface area contributed by atoms with Gasteiger partial charge in [-0.05, 0) is 18.4 Å². The average Bonchev–Trinajstić information content (AvgIpc) is 2.81. The number of amides is 1. The Morgan fingerprint density at radius 1 is 1.53 bits per heavy atom. The van der Waals surface area contributed by atoms with Crippen molar-refractivity contribution >= 4 is 28.6 Å². The second-order valence-corrected chi connectivity index (χ2v) is 4.88. The summed E-state index contributed by atoms with van der Waals surface area (Å²) < 4.78 is 0. The Morgan fingerprint density at radius 3 is 3.12 bits per heavy atom. The zero-order chi connectivity index (χ0) is 12.3. The van der Waals surface area contributed by atoms with Crippen molar-refractivity contribution in [1.29, 1.82) is 0 Å². The molecule has 0 radical (unpaired) electrons. The number of nitrogens with one attached hydrogen (secondary N) is 1. The van der Waals surface area contributed by atoms with Crippen LogP contribution in [-0.4, -0.2) is 46.6 Å². The van der Waals surface area contributed by atoms with Gasteiger partial charge in [0.15, 0.2) is 0 Å². The van der Waals surface area contributed by atoms with Crippen LogP contribution in [0.5, 0.6) is 0 Å². The lowest BCUT2D eigenvalue weighted by atomic mass is 10.1. The topological polar surface area (TPSA) is 49.0 Å². The van der Waals surface area contributed by atoms with Crippen molar-refractivity contribution in [3.05, 3.63) is 30.0 Å². The first-order valence-electron chi connectivity index (χ1n) is 5.40. The van der Waals surface area contributed by atoms with Crippen LogP contribution in [0.1, 0.15) is 10.4 Å². The number of carbonyl (C=O) groups is 1. The van der Waals surface area contributed by atoms with E-state index in [2.05, 4.69) is 10.2 Å². The van der Waals surface area contributed by atoms with E-state index in [9.17, 15) is 4.79 Å². The molecule has 4 nitrogen and oxygen atoms in total. The van der Waals surface area contributed by atoms with E-state index >= 15 is 0 Å². The lowest BCUT2D eigenvalue weighted by Gasteiger charge is -2.16. The third-order valence-electron chi connectivity index (χ3n) is 2.67. The molecule has 0 saturated heterocycles. The Balaban J connectivity index is 2.17. The molecule has 0 aliphatic rings. The van der Waals surface area contributed by atoms with Crippen LogP contribution in [0.2, 0.25) is 0 Å². The molecule has 2 aromatic rings. The second kappa shape index (κ2) is 5.23. The summed E-state index contributed by atoms with van der Waals surface area (Å²) in [4.78, 5) is 13.8. The predicted molar refractivity (Wildman–Crippen MR) is 71.4 cm³/mol. The highest BCUT2D eigenvalue weighted by molar-refractivity contribution is 7.98. The van der Waals surface area contributed by atoms with E-state index in [1.54, 1.807) is 22.9 Å². The molecule has 17 heavy (non-hydrogen) atoms. The zero-order valence-electron chi connectivity index (χ0n) is 9.93. The smallest absolute Gasteiger partial charge is 0.253 e. The van der Waals surface area contributed by atoms with Crippen molar-refractivity contribution in [3.8, 4) is 0 Å². The van der Waals surface area contributed by atoms with Gasteiger partial charge < -0.3 is 4.90 Å². The summed E-state index contributed by atoms with van der Waals surface area (Å²) in [5, 5.41) is 7.84. The van der Waals surface area contributed by atoms with Gasteiger partial charge in [0.25, 0.3) is 5.91 Å². The molecule has 0 fully saturated rings. The van der Waals surface area contributed by atoms with Gasteiger partial charge in [-0.15, -0.1) is 0 Å². The minimum absolute atomic E-state index is 0.0514. The fourth-order valence-corrected chi connectivity index (χ4v) is 2.08. The molecule has 90 valence electrons. The molecule has 5 heteroatoms. The zero-order valence-corrected chi connectivity index (χ0v) is 10.8. The largest absolute Gasteiger partial charge is 0.341 e. The van der Waals surface area contributed by atoms with Crippen LogP contribution in [0.3, 0.4) is 0 Å². The summed E-state index contributed by atoms with van der Waals surface area (Å²) >= 11 is 1.74. The van der Waals surface area contributed by atoms with Crippen molar-refractivity contribution in [3.63, 3.8) is 0 Å². The van der Waals surface area contributed by atoms with Crippen LogP contribution in [0.25, 0.3) is 10.9 Å². The minimum Gasteiger partial charge on any atom is -0.341 e. The number of hydrogen-bond acceptors (Lipinski definition) is 3. The van der Waals surface area contributed by atoms with Crippen molar-refractivity contribution in [2.24, 2.45) is 0 Å². The van der Waals surface area contributed by atoms with Crippen molar-refractivity contribution in [1.82, 2.24) is 15.1 Å². The highest BCUT2D eigenvalue weighted by Gasteiger charge is 2.11. The fraction of sp³-hybridized carbons (Fsp3) is 0.333. The minimum atomic E-state index is 0.0514. The van der Waals surface area contributed by atoms with Crippen LogP contribution in [0.15, 0.2) is 24.4 Å². The van der Waals surface area contributed by atoms with Crippen LogP contribution in [0.4, 0.5) is 0 Å². The number of H-pyrrole nitrogens is 1. The van der Waals surface area contributed by atoms with E-state index in [1.807, 2.05) is 31.5 Å². The third-order valence-corrected chi connectivity index (χ3v) is 3.26. The number of rotatable bonds is 4. The quantitative estimate of drug-likeness (QED) is 0.901. The standard InChI is InChI=1S/C12H15N3OS/c1-15(5-6-17-2)12(16)9-3-4-10-8-13-14-11(10)7-9/h3-4,7-8H,5-6H2,1-2H3,(H,13,14). The first-order valence-corrected chi connectivity index (χ1v) is 6.79. The summed E-state index contributed by atoms with van der Waals surface area (Å²) in [6.07, 6.45) is 3.79. The number of aromatic nitrogens is 2.